The number of hydrogen-bond acceptors (Lipinski definition) is 6. The van der Waals surface area contributed by atoms with Gasteiger partial charge in [-0.15, -0.1) is 0 Å². The van der Waals surface area contributed by atoms with Crippen molar-refractivity contribution in [3.63, 3.8) is 0 Å². The first-order valence-corrected chi connectivity index (χ1v) is 23.4. The molecule has 1 unspecified atom stereocenters. The van der Waals surface area contributed by atoms with E-state index in [0.717, 1.165) is 83.5 Å². The molecule has 0 saturated heterocycles. The maximum absolute atomic E-state index is 12.6. The lowest BCUT2D eigenvalue weighted by Crippen LogP contribution is -2.30. The van der Waals surface area contributed by atoms with E-state index < -0.39 is 12.1 Å². The molecule has 0 aliphatic rings. The van der Waals surface area contributed by atoms with Crippen molar-refractivity contribution in [2.45, 2.75) is 219 Å². The van der Waals surface area contributed by atoms with Crippen molar-refractivity contribution in [3.8, 4) is 0 Å². The zero-order chi connectivity index (χ0) is 41.5. The van der Waals surface area contributed by atoms with Gasteiger partial charge in [0.05, 0.1) is 6.42 Å². The number of hydrogen-bond donors (Lipinski definition) is 0. The Balaban J connectivity index is 4.30. The summed E-state index contributed by atoms with van der Waals surface area (Å²) in [7, 11) is 0. The lowest BCUT2D eigenvalue weighted by molar-refractivity contribution is -0.166. The molecule has 57 heavy (non-hydrogen) atoms. The van der Waals surface area contributed by atoms with E-state index >= 15 is 0 Å². The van der Waals surface area contributed by atoms with Gasteiger partial charge in [0.15, 0.2) is 6.10 Å². The van der Waals surface area contributed by atoms with Crippen molar-refractivity contribution in [1.82, 2.24) is 0 Å². The van der Waals surface area contributed by atoms with Crippen LogP contribution in [0.1, 0.15) is 213 Å². The summed E-state index contributed by atoms with van der Waals surface area (Å²) < 4.78 is 16.5. The molecule has 0 fully saturated rings. The normalized spacial score (nSPS) is 12.7. The maximum atomic E-state index is 12.6. The van der Waals surface area contributed by atoms with E-state index in [-0.39, 0.29) is 31.6 Å². The number of carbonyl (C=O) groups excluding carboxylic acids is 3. The van der Waals surface area contributed by atoms with Crippen LogP contribution in [0.4, 0.5) is 0 Å². The van der Waals surface area contributed by atoms with E-state index in [2.05, 4.69) is 81.5 Å². The first-order chi connectivity index (χ1) is 28.0. The SMILES string of the molecule is CC/C=C\C/C=C\C/C=C\C/C=C\C/C=C\CC(=O)OC(COC(=O)CCCCCCC)COC(=O)CCCCCCCCCCC/C=C\CCCCCCCC. The van der Waals surface area contributed by atoms with Crippen LogP contribution in [-0.4, -0.2) is 37.2 Å². The lowest BCUT2D eigenvalue weighted by atomic mass is 10.1. The second kappa shape index (κ2) is 45.6. The Morgan fingerprint density at radius 2 is 0.737 bits per heavy atom. The molecule has 0 aliphatic heterocycles. The molecule has 0 N–H and O–H groups in total. The molecular weight excluding hydrogens is 709 g/mol. The van der Waals surface area contributed by atoms with Crippen LogP contribution < -0.4 is 0 Å². The largest absolute Gasteiger partial charge is 0.462 e. The van der Waals surface area contributed by atoms with Crippen LogP contribution in [0.5, 0.6) is 0 Å². The van der Waals surface area contributed by atoms with Crippen LogP contribution in [0, 0.1) is 0 Å². The molecule has 0 rings (SSSR count). The predicted molar refractivity (Wildman–Crippen MR) is 242 cm³/mol. The van der Waals surface area contributed by atoms with Crippen molar-refractivity contribution in [2.75, 3.05) is 13.2 Å². The molecule has 0 spiro atoms. The van der Waals surface area contributed by atoms with Gasteiger partial charge in [-0.2, -0.15) is 0 Å². The molecule has 6 nitrogen and oxygen atoms in total. The molecule has 1 atom stereocenters. The van der Waals surface area contributed by atoms with Gasteiger partial charge in [-0.1, -0.05) is 196 Å². The van der Waals surface area contributed by atoms with E-state index in [9.17, 15) is 14.4 Å². The quantitative estimate of drug-likeness (QED) is 0.0265. The first-order valence-electron chi connectivity index (χ1n) is 23.4. The summed E-state index contributed by atoms with van der Waals surface area (Å²) in [6, 6.07) is 0. The molecule has 0 aromatic heterocycles. The standard InChI is InChI=1S/C51H86O6/c1-4-7-10-13-15-17-19-21-23-24-25-26-28-29-31-33-35-38-41-44-50(53)56-47-48(46-55-49(52)43-40-37-12-9-6-3)57-51(54)45-42-39-36-34-32-30-27-22-20-18-16-14-11-8-5-2/h8,11,16,18,21-23,27,32,34,39,42,48H,4-7,9-10,12-15,17,19-20,24-26,28-31,33,35-38,40-41,43-47H2,1-3H3/b11-8-,18-16-,23-21-,27-22-,34-32-,42-39-. The van der Waals surface area contributed by atoms with Gasteiger partial charge in [0, 0.05) is 12.8 Å². The minimum atomic E-state index is -0.825. The second-order valence-electron chi connectivity index (χ2n) is 15.3. The summed E-state index contributed by atoms with van der Waals surface area (Å²) in [5.41, 5.74) is 0. The van der Waals surface area contributed by atoms with Gasteiger partial charge in [0.2, 0.25) is 0 Å². The number of ether oxygens (including phenoxy) is 3. The smallest absolute Gasteiger partial charge is 0.310 e. The van der Waals surface area contributed by atoms with Gasteiger partial charge < -0.3 is 14.2 Å². The number of esters is 3. The van der Waals surface area contributed by atoms with Crippen molar-refractivity contribution in [1.29, 1.82) is 0 Å². The van der Waals surface area contributed by atoms with E-state index in [4.69, 9.17) is 14.2 Å². The van der Waals surface area contributed by atoms with E-state index in [1.165, 1.54) is 89.9 Å². The predicted octanol–water partition coefficient (Wildman–Crippen LogP) is 15.1. The number of allylic oxidation sites excluding steroid dienone is 11. The van der Waals surface area contributed by atoms with Gasteiger partial charge >= 0.3 is 17.9 Å². The molecule has 0 heterocycles. The Labute approximate surface area is 351 Å². The highest BCUT2D eigenvalue weighted by molar-refractivity contribution is 5.72. The highest BCUT2D eigenvalue weighted by Gasteiger charge is 2.19. The Hall–Kier alpha value is -3.15. The zero-order valence-electron chi connectivity index (χ0n) is 37.1. The van der Waals surface area contributed by atoms with Crippen LogP contribution >= 0.6 is 0 Å². The van der Waals surface area contributed by atoms with Gasteiger partial charge in [-0.05, 0) is 70.6 Å². The van der Waals surface area contributed by atoms with Gasteiger partial charge in [-0.25, -0.2) is 0 Å². The fourth-order valence-corrected chi connectivity index (χ4v) is 6.22. The summed E-state index contributed by atoms with van der Waals surface area (Å²) >= 11 is 0. The second-order valence-corrected chi connectivity index (χ2v) is 15.3. The van der Waals surface area contributed by atoms with Crippen molar-refractivity contribution < 1.29 is 28.6 Å². The molecule has 0 bridgehead atoms. The Morgan fingerprint density at radius 3 is 1.14 bits per heavy atom. The lowest BCUT2D eigenvalue weighted by Gasteiger charge is -2.18. The summed E-state index contributed by atoms with van der Waals surface area (Å²) in [5, 5.41) is 0. The third-order valence-corrected chi connectivity index (χ3v) is 9.73. The molecule has 6 heteroatoms. The van der Waals surface area contributed by atoms with E-state index in [1.807, 2.05) is 6.08 Å². The Morgan fingerprint density at radius 1 is 0.386 bits per heavy atom. The summed E-state index contributed by atoms with van der Waals surface area (Å²) in [4.78, 5) is 37.5. The molecular formula is C51H86O6. The third kappa shape index (κ3) is 43.8. The molecule has 0 aliphatic carbocycles. The highest BCUT2D eigenvalue weighted by Crippen LogP contribution is 2.13. The topological polar surface area (TPSA) is 78.9 Å². The van der Waals surface area contributed by atoms with E-state index in [1.54, 1.807) is 6.08 Å². The average molecular weight is 795 g/mol. The fraction of sp³-hybridized carbons (Fsp3) is 0.706. The number of carbonyl (C=O) groups is 3. The number of rotatable bonds is 41. The highest BCUT2D eigenvalue weighted by atomic mass is 16.6. The van der Waals surface area contributed by atoms with Gasteiger partial charge in [0.1, 0.15) is 13.2 Å². The first kappa shape index (κ1) is 53.9. The zero-order valence-corrected chi connectivity index (χ0v) is 37.1. The van der Waals surface area contributed by atoms with Crippen LogP contribution in [0.25, 0.3) is 0 Å². The summed E-state index contributed by atoms with van der Waals surface area (Å²) in [6.07, 6.45) is 56.6. The molecule has 0 radical (unpaired) electrons. The molecule has 0 aromatic rings. The number of unbranched alkanes of at least 4 members (excludes halogenated alkanes) is 19. The monoisotopic (exact) mass is 795 g/mol. The van der Waals surface area contributed by atoms with Crippen molar-refractivity contribution >= 4 is 17.9 Å². The third-order valence-electron chi connectivity index (χ3n) is 9.73. The molecule has 0 amide bonds. The van der Waals surface area contributed by atoms with Crippen LogP contribution in [0.15, 0.2) is 72.9 Å². The minimum Gasteiger partial charge on any atom is -0.462 e. The minimum absolute atomic E-state index is 0.0973. The Kier molecular flexibility index (Phi) is 43.0. The maximum Gasteiger partial charge on any atom is 0.310 e. The van der Waals surface area contributed by atoms with Crippen LogP contribution in [-0.2, 0) is 28.6 Å². The van der Waals surface area contributed by atoms with E-state index in [0.29, 0.717) is 12.8 Å². The molecule has 0 saturated carbocycles. The van der Waals surface area contributed by atoms with Crippen molar-refractivity contribution in [3.05, 3.63) is 72.9 Å². The average Bonchev–Trinajstić information content (AvgIpc) is 3.21. The van der Waals surface area contributed by atoms with Crippen molar-refractivity contribution in [2.24, 2.45) is 0 Å². The molecule has 326 valence electrons. The Bertz CT molecular complexity index is 1100. The molecule has 0 aromatic carbocycles. The van der Waals surface area contributed by atoms with Crippen LogP contribution in [0.2, 0.25) is 0 Å². The van der Waals surface area contributed by atoms with Gasteiger partial charge in [-0.3, -0.25) is 14.4 Å². The summed E-state index contributed by atoms with van der Waals surface area (Å²) in [5.74, 6) is -1.07. The van der Waals surface area contributed by atoms with Crippen LogP contribution in [0.3, 0.4) is 0 Å². The fourth-order valence-electron chi connectivity index (χ4n) is 6.22. The summed E-state index contributed by atoms with van der Waals surface area (Å²) in [6.45, 7) is 6.33. The van der Waals surface area contributed by atoms with Gasteiger partial charge in [0.25, 0.3) is 0 Å².